The van der Waals surface area contributed by atoms with Crippen LogP contribution in [0.5, 0.6) is 0 Å². The van der Waals surface area contributed by atoms with Crippen LogP contribution < -0.4 is 11.5 Å². The van der Waals surface area contributed by atoms with E-state index in [2.05, 4.69) is 4.99 Å². The number of nitrogens with two attached hydrogens (primary N) is 2. The maximum absolute atomic E-state index is 10.1. The predicted octanol–water partition coefficient (Wildman–Crippen LogP) is 0.367. The number of nitrogens with zero attached hydrogens (tertiary/aromatic N) is 1. The van der Waals surface area contributed by atoms with E-state index in [9.17, 15) is 5.11 Å². The average Bonchev–Trinajstić information content (AvgIpc) is 2.38. The Labute approximate surface area is 132 Å². The van der Waals surface area contributed by atoms with E-state index in [0.29, 0.717) is 5.84 Å². The van der Waals surface area contributed by atoms with Gasteiger partial charge in [0.05, 0.1) is 11.9 Å². The van der Waals surface area contributed by atoms with E-state index in [1.807, 2.05) is 30.3 Å². The molecule has 2 unspecified atom stereocenters. The minimum Gasteiger partial charge on any atom is -0.412 e. The summed E-state index contributed by atoms with van der Waals surface area (Å²) in [5, 5.41) is 10.1. The number of aliphatic hydroxyl groups excluding tert-OH is 1. The number of aliphatic hydroxyl groups is 1. The van der Waals surface area contributed by atoms with Gasteiger partial charge in [0.15, 0.2) is 0 Å². The van der Waals surface area contributed by atoms with Crippen LogP contribution in [0.25, 0.3) is 0 Å². The molecular weight excluding hydrogens is 294 g/mol. The molecule has 0 heterocycles. The Hall–Kier alpha value is -1.18. The second-order valence-electron chi connectivity index (χ2n) is 4.54. The summed E-state index contributed by atoms with van der Waals surface area (Å²) in [4.78, 5) is 4.12. The molecule has 0 spiro atoms. The third-order valence-corrected chi connectivity index (χ3v) is 2.85. The molecule has 0 aliphatic rings. The number of benzene rings is 1. The van der Waals surface area contributed by atoms with E-state index in [1.165, 1.54) is 0 Å². The average molecular weight is 322 g/mol. The standard InChI is InChI=1S/C14H23N3O.ClH.2H2O/c1-11(15)17-10-6-5-9-13(16)14(18)12-7-3-2-4-8-12;;;/h2-4,7-8,13-14,18H,5-6,9-10,16H2,1H3,(H2,15,17);1H;2*1H2. The van der Waals surface area contributed by atoms with Gasteiger partial charge in [0.2, 0.25) is 0 Å². The molecule has 1 aromatic rings. The molecule has 7 heteroatoms. The zero-order valence-electron chi connectivity index (χ0n) is 12.3. The monoisotopic (exact) mass is 321 g/mol. The van der Waals surface area contributed by atoms with Crippen molar-refractivity contribution < 1.29 is 16.1 Å². The predicted molar refractivity (Wildman–Crippen MR) is 89.9 cm³/mol. The molecule has 9 N–H and O–H groups in total. The number of hydrogen-bond acceptors (Lipinski definition) is 3. The first-order chi connectivity index (χ1) is 8.61. The molecule has 0 aliphatic heterocycles. The summed E-state index contributed by atoms with van der Waals surface area (Å²) < 4.78 is 0. The lowest BCUT2D eigenvalue weighted by Crippen LogP contribution is -2.28. The molecular formula is C14H28ClN3O3. The Morgan fingerprint density at radius 3 is 2.29 bits per heavy atom. The van der Waals surface area contributed by atoms with Crippen LogP contribution >= 0.6 is 12.4 Å². The van der Waals surface area contributed by atoms with Gasteiger partial charge in [-0.3, -0.25) is 4.99 Å². The molecule has 0 bridgehead atoms. The van der Waals surface area contributed by atoms with Crippen LogP contribution in [0.15, 0.2) is 35.3 Å². The molecule has 1 rings (SSSR count). The molecule has 0 saturated heterocycles. The fourth-order valence-corrected chi connectivity index (χ4v) is 1.80. The van der Waals surface area contributed by atoms with Gasteiger partial charge in [0.1, 0.15) is 0 Å². The topological polar surface area (TPSA) is 148 Å². The Morgan fingerprint density at radius 2 is 1.76 bits per heavy atom. The van der Waals surface area contributed by atoms with Gasteiger partial charge >= 0.3 is 0 Å². The van der Waals surface area contributed by atoms with Crippen molar-refractivity contribution in [2.45, 2.75) is 38.3 Å². The quantitative estimate of drug-likeness (QED) is 0.378. The van der Waals surface area contributed by atoms with Crippen molar-refractivity contribution in [3.05, 3.63) is 35.9 Å². The smallest absolute Gasteiger partial charge is 0.0940 e. The molecule has 2 atom stereocenters. The van der Waals surface area contributed by atoms with Crippen molar-refractivity contribution in [2.75, 3.05) is 6.54 Å². The Kier molecular flexibility index (Phi) is 16.3. The summed E-state index contributed by atoms with van der Waals surface area (Å²) >= 11 is 0. The SMILES string of the molecule is CC(N)=NCCCCC(N)C(O)c1ccccc1.Cl.O.O. The van der Waals surface area contributed by atoms with E-state index in [4.69, 9.17) is 11.5 Å². The minimum absolute atomic E-state index is 0. The Bertz CT molecular complexity index is 373. The summed E-state index contributed by atoms with van der Waals surface area (Å²) in [5.41, 5.74) is 12.3. The van der Waals surface area contributed by atoms with Crippen molar-refractivity contribution in [1.82, 2.24) is 0 Å². The number of rotatable bonds is 7. The van der Waals surface area contributed by atoms with E-state index >= 15 is 0 Å². The van der Waals surface area contributed by atoms with Crippen molar-refractivity contribution in [3.8, 4) is 0 Å². The first-order valence-electron chi connectivity index (χ1n) is 6.36. The van der Waals surface area contributed by atoms with E-state index in [-0.39, 0.29) is 29.4 Å². The van der Waals surface area contributed by atoms with E-state index in [1.54, 1.807) is 6.92 Å². The molecule has 0 aliphatic carbocycles. The largest absolute Gasteiger partial charge is 0.412 e. The van der Waals surface area contributed by atoms with Gasteiger partial charge in [-0.05, 0) is 31.7 Å². The molecule has 21 heavy (non-hydrogen) atoms. The van der Waals surface area contributed by atoms with Crippen LogP contribution in [0.4, 0.5) is 0 Å². The van der Waals surface area contributed by atoms with Crippen LogP contribution in [0, 0.1) is 0 Å². The van der Waals surface area contributed by atoms with E-state index < -0.39 is 6.10 Å². The maximum Gasteiger partial charge on any atom is 0.0940 e. The van der Waals surface area contributed by atoms with Crippen LogP contribution in [0.3, 0.4) is 0 Å². The number of unbranched alkanes of at least 4 members (excludes halogenated alkanes) is 1. The van der Waals surface area contributed by atoms with Crippen molar-refractivity contribution >= 4 is 18.2 Å². The lowest BCUT2D eigenvalue weighted by atomic mass is 9.98. The molecule has 0 saturated carbocycles. The molecule has 124 valence electrons. The third kappa shape index (κ3) is 10.2. The highest BCUT2D eigenvalue weighted by Crippen LogP contribution is 2.18. The van der Waals surface area contributed by atoms with Crippen molar-refractivity contribution in [1.29, 1.82) is 0 Å². The summed E-state index contributed by atoms with van der Waals surface area (Å²) in [6, 6.07) is 9.30. The minimum atomic E-state index is -0.592. The first-order valence-corrected chi connectivity index (χ1v) is 6.36. The fourth-order valence-electron chi connectivity index (χ4n) is 1.80. The molecule has 0 amide bonds. The number of amidine groups is 1. The van der Waals surface area contributed by atoms with Crippen LogP contribution in [0.1, 0.15) is 37.9 Å². The number of aliphatic imine (C=N–C) groups is 1. The highest BCUT2D eigenvalue weighted by molar-refractivity contribution is 5.85. The third-order valence-electron chi connectivity index (χ3n) is 2.85. The second kappa shape index (κ2) is 13.8. The molecule has 0 radical (unpaired) electrons. The van der Waals surface area contributed by atoms with Crippen LogP contribution in [-0.2, 0) is 0 Å². The van der Waals surface area contributed by atoms with Gasteiger partial charge in [-0.15, -0.1) is 12.4 Å². The van der Waals surface area contributed by atoms with Crippen molar-refractivity contribution in [2.24, 2.45) is 16.5 Å². The molecule has 6 nitrogen and oxygen atoms in total. The Morgan fingerprint density at radius 1 is 1.19 bits per heavy atom. The lowest BCUT2D eigenvalue weighted by molar-refractivity contribution is 0.141. The summed E-state index contributed by atoms with van der Waals surface area (Å²) in [7, 11) is 0. The van der Waals surface area contributed by atoms with Gasteiger partial charge < -0.3 is 27.5 Å². The van der Waals surface area contributed by atoms with Gasteiger partial charge in [-0.2, -0.15) is 0 Å². The zero-order valence-corrected chi connectivity index (χ0v) is 13.1. The maximum atomic E-state index is 10.1. The Balaban J connectivity index is -0.00000108. The molecule has 0 fully saturated rings. The number of hydrogen-bond donors (Lipinski definition) is 3. The first kappa shape index (κ1) is 24.8. The summed E-state index contributed by atoms with van der Waals surface area (Å²) in [6.07, 6.45) is 2.09. The highest BCUT2D eigenvalue weighted by Gasteiger charge is 2.15. The van der Waals surface area contributed by atoms with Gasteiger partial charge in [0, 0.05) is 12.6 Å². The second-order valence-corrected chi connectivity index (χ2v) is 4.54. The fraction of sp³-hybridized carbons (Fsp3) is 0.500. The lowest BCUT2D eigenvalue weighted by Gasteiger charge is -2.18. The van der Waals surface area contributed by atoms with Crippen LogP contribution in [-0.4, -0.2) is 34.5 Å². The molecule has 0 aromatic heterocycles. The summed E-state index contributed by atoms with van der Waals surface area (Å²) in [6.45, 7) is 2.52. The zero-order chi connectivity index (χ0) is 13.4. The van der Waals surface area contributed by atoms with Gasteiger partial charge in [-0.25, -0.2) is 0 Å². The normalized spacial score (nSPS) is 13.2. The van der Waals surface area contributed by atoms with Crippen LogP contribution in [0.2, 0.25) is 0 Å². The van der Waals surface area contributed by atoms with Crippen molar-refractivity contribution in [3.63, 3.8) is 0 Å². The summed E-state index contributed by atoms with van der Waals surface area (Å²) in [5.74, 6) is 0.614. The highest BCUT2D eigenvalue weighted by atomic mass is 35.5. The van der Waals surface area contributed by atoms with E-state index in [0.717, 1.165) is 31.4 Å². The van der Waals surface area contributed by atoms with Gasteiger partial charge in [0.25, 0.3) is 0 Å². The number of halogens is 1. The molecule has 1 aromatic carbocycles. The van der Waals surface area contributed by atoms with Gasteiger partial charge in [-0.1, -0.05) is 30.3 Å².